The minimum absolute atomic E-state index is 0.322. The summed E-state index contributed by atoms with van der Waals surface area (Å²) in [7, 11) is 1.37. The minimum Gasteiger partial charge on any atom is -0.465 e. The van der Waals surface area contributed by atoms with Gasteiger partial charge in [-0.05, 0) is 12.1 Å². The molecule has 0 unspecified atom stereocenters. The summed E-state index contributed by atoms with van der Waals surface area (Å²) in [5.41, 5.74) is 1.33. The lowest BCUT2D eigenvalue weighted by Gasteiger charge is -2.06. The number of ether oxygens (including phenoxy) is 1. The van der Waals surface area contributed by atoms with Gasteiger partial charge < -0.3 is 9.46 Å². The Morgan fingerprint density at radius 3 is 2.47 bits per heavy atom. The van der Waals surface area contributed by atoms with E-state index in [9.17, 15) is 4.79 Å². The number of hydrogen-bond donors (Lipinski definition) is 1. The van der Waals surface area contributed by atoms with E-state index in [4.69, 9.17) is 0 Å². The van der Waals surface area contributed by atoms with Crippen LogP contribution < -0.4 is 4.72 Å². The summed E-state index contributed by atoms with van der Waals surface area (Å²) in [4.78, 5) is 11.2. The van der Waals surface area contributed by atoms with Crippen LogP contribution in [0.5, 0.6) is 0 Å². The maximum absolute atomic E-state index is 11.2. The van der Waals surface area contributed by atoms with Gasteiger partial charge in [0.05, 0.1) is 18.4 Å². The van der Waals surface area contributed by atoms with Crippen LogP contribution in [0.15, 0.2) is 24.3 Å². The molecule has 0 heterocycles. The molecule has 0 radical (unpaired) electrons. The highest BCUT2D eigenvalue weighted by Crippen LogP contribution is 2.18. The summed E-state index contributed by atoms with van der Waals surface area (Å²) in [6, 6.07) is 7.23. The highest BCUT2D eigenvalue weighted by Gasteiger charge is 2.09. The van der Waals surface area contributed by atoms with Crippen molar-refractivity contribution in [2.75, 3.05) is 18.1 Å². The van der Waals surface area contributed by atoms with Gasteiger partial charge in [-0.1, -0.05) is 37.9 Å². The van der Waals surface area contributed by atoms with E-state index < -0.39 is 0 Å². The molecule has 0 aromatic heterocycles. The summed E-state index contributed by atoms with van der Waals surface area (Å²) in [6.45, 7) is 4.00. The predicted molar refractivity (Wildman–Crippen MR) is 66.3 cm³/mol. The number of methoxy groups -OCH3 is 1. The monoisotopic (exact) mass is 227 g/mol. The Balaban J connectivity index is 0.000000921. The van der Waals surface area contributed by atoms with Gasteiger partial charge in [-0.15, -0.1) is 0 Å². The van der Waals surface area contributed by atoms with E-state index in [1.165, 1.54) is 19.1 Å². The fourth-order valence-electron chi connectivity index (χ4n) is 0.970. The summed E-state index contributed by atoms with van der Waals surface area (Å²) in [6.07, 6.45) is 1.90. The molecule has 1 N–H and O–H groups in total. The second kappa shape index (κ2) is 8.17. The third-order valence-electron chi connectivity index (χ3n) is 1.54. The van der Waals surface area contributed by atoms with Crippen LogP contribution in [0, 0.1) is 0 Å². The van der Waals surface area contributed by atoms with Crippen LogP contribution in [0.4, 0.5) is 5.69 Å². The third kappa shape index (κ3) is 4.25. The van der Waals surface area contributed by atoms with Gasteiger partial charge in [-0.25, -0.2) is 4.79 Å². The zero-order valence-corrected chi connectivity index (χ0v) is 10.4. The van der Waals surface area contributed by atoms with Crippen molar-refractivity contribution in [2.24, 2.45) is 0 Å². The third-order valence-corrected chi connectivity index (χ3v) is 1.97. The zero-order chi connectivity index (χ0) is 11.7. The molecule has 1 rings (SSSR count). The molecule has 0 spiro atoms. The Morgan fingerprint density at radius 2 is 1.93 bits per heavy atom. The Hall–Kier alpha value is -1.16. The molecule has 0 amide bonds. The van der Waals surface area contributed by atoms with Crippen LogP contribution in [0.1, 0.15) is 24.2 Å². The molecule has 15 heavy (non-hydrogen) atoms. The molecule has 84 valence electrons. The van der Waals surface area contributed by atoms with Gasteiger partial charge in [0, 0.05) is 6.26 Å². The van der Waals surface area contributed by atoms with E-state index in [1.807, 2.05) is 32.2 Å². The molecule has 0 saturated carbocycles. The average Bonchev–Trinajstić information content (AvgIpc) is 2.32. The summed E-state index contributed by atoms with van der Waals surface area (Å²) < 4.78 is 7.64. The number of carbonyl (C=O) groups is 1. The zero-order valence-electron chi connectivity index (χ0n) is 9.53. The first kappa shape index (κ1) is 13.8. The largest absolute Gasteiger partial charge is 0.465 e. The second-order valence-corrected chi connectivity index (χ2v) is 2.96. The molecule has 0 atom stereocenters. The molecule has 0 aliphatic rings. The Bertz CT molecular complexity index is 302. The highest BCUT2D eigenvalue weighted by molar-refractivity contribution is 7.99. The van der Waals surface area contributed by atoms with E-state index in [1.54, 1.807) is 12.1 Å². The first-order chi connectivity index (χ1) is 7.29. The summed E-state index contributed by atoms with van der Waals surface area (Å²) in [5.74, 6) is -0.322. The molecule has 1 aromatic rings. The molecule has 3 nitrogen and oxygen atoms in total. The Morgan fingerprint density at radius 1 is 1.33 bits per heavy atom. The van der Waals surface area contributed by atoms with Crippen LogP contribution >= 0.6 is 11.9 Å². The van der Waals surface area contributed by atoms with Crippen molar-refractivity contribution in [1.29, 1.82) is 0 Å². The molecule has 0 fully saturated rings. The lowest BCUT2D eigenvalue weighted by atomic mass is 10.2. The van der Waals surface area contributed by atoms with Gasteiger partial charge in [0.1, 0.15) is 0 Å². The Labute approximate surface area is 95.3 Å². The molecule has 1 aromatic carbocycles. The lowest BCUT2D eigenvalue weighted by Crippen LogP contribution is -2.04. The fourth-order valence-corrected chi connectivity index (χ4v) is 1.37. The standard InChI is InChI=1S/C9H11NO2S.C2H6/c1-12-9(11)7-5-3-4-6-8(7)10-13-2;1-2/h3-6,10H,1-2H3;1-2H3. The number of esters is 1. The maximum Gasteiger partial charge on any atom is 0.339 e. The van der Waals surface area contributed by atoms with Crippen LogP contribution in [0.2, 0.25) is 0 Å². The van der Waals surface area contributed by atoms with Gasteiger partial charge in [0.2, 0.25) is 0 Å². The van der Waals surface area contributed by atoms with Crippen LogP contribution in [-0.2, 0) is 4.74 Å². The van der Waals surface area contributed by atoms with Gasteiger partial charge >= 0.3 is 5.97 Å². The first-order valence-corrected chi connectivity index (χ1v) is 5.98. The predicted octanol–water partition coefficient (Wildman–Crippen LogP) is 3.19. The number of hydrogen-bond acceptors (Lipinski definition) is 4. The second-order valence-electron chi connectivity index (χ2n) is 2.34. The normalized spacial score (nSPS) is 8.53. The molecule has 4 heteroatoms. The van der Waals surface area contributed by atoms with E-state index in [-0.39, 0.29) is 5.97 Å². The van der Waals surface area contributed by atoms with Crippen LogP contribution in [0.3, 0.4) is 0 Å². The van der Waals surface area contributed by atoms with Crippen molar-refractivity contribution in [3.05, 3.63) is 29.8 Å². The number of carbonyl (C=O) groups excluding carboxylic acids is 1. The van der Waals surface area contributed by atoms with E-state index in [0.717, 1.165) is 5.69 Å². The number of para-hydroxylation sites is 1. The smallest absolute Gasteiger partial charge is 0.339 e. The lowest BCUT2D eigenvalue weighted by molar-refractivity contribution is 0.0602. The van der Waals surface area contributed by atoms with Gasteiger partial charge in [0.15, 0.2) is 0 Å². The van der Waals surface area contributed by atoms with Gasteiger partial charge in [-0.2, -0.15) is 0 Å². The van der Waals surface area contributed by atoms with Crippen LogP contribution in [0.25, 0.3) is 0 Å². The molecule has 0 aliphatic heterocycles. The maximum atomic E-state index is 11.2. The minimum atomic E-state index is -0.322. The quantitative estimate of drug-likeness (QED) is 0.635. The summed E-state index contributed by atoms with van der Waals surface area (Å²) >= 11 is 1.44. The van der Waals surface area contributed by atoms with Crippen molar-refractivity contribution >= 4 is 23.6 Å². The number of rotatable bonds is 3. The van der Waals surface area contributed by atoms with E-state index in [2.05, 4.69) is 9.46 Å². The topological polar surface area (TPSA) is 38.3 Å². The summed E-state index contributed by atoms with van der Waals surface area (Å²) in [5, 5.41) is 0. The van der Waals surface area contributed by atoms with E-state index >= 15 is 0 Å². The van der Waals surface area contributed by atoms with E-state index in [0.29, 0.717) is 5.56 Å². The first-order valence-electron chi connectivity index (χ1n) is 4.76. The van der Waals surface area contributed by atoms with Crippen LogP contribution in [-0.4, -0.2) is 19.3 Å². The highest BCUT2D eigenvalue weighted by atomic mass is 32.2. The SMILES string of the molecule is CC.COC(=O)c1ccccc1NSC. The van der Waals surface area contributed by atoms with Gasteiger partial charge in [0.25, 0.3) is 0 Å². The van der Waals surface area contributed by atoms with Crippen molar-refractivity contribution in [2.45, 2.75) is 13.8 Å². The molecular formula is C11H17NO2S. The van der Waals surface area contributed by atoms with Gasteiger partial charge in [-0.3, -0.25) is 0 Å². The number of anilines is 1. The average molecular weight is 227 g/mol. The number of benzene rings is 1. The van der Waals surface area contributed by atoms with Crippen molar-refractivity contribution in [3.8, 4) is 0 Å². The molecular weight excluding hydrogens is 210 g/mol. The molecule has 0 saturated heterocycles. The van der Waals surface area contributed by atoms with Crippen molar-refractivity contribution in [1.82, 2.24) is 0 Å². The van der Waals surface area contributed by atoms with Crippen molar-refractivity contribution < 1.29 is 9.53 Å². The Kier molecular flexibility index (Phi) is 7.54. The molecule has 0 bridgehead atoms. The molecule has 0 aliphatic carbocycles. The number of nitrogens with one attached hydrogen (secondary N) is 1. The fraction of sp³-hybridized carbons (Fsp3) is 0.364. The van der Waals surface area contributed by atoms with Crippen molar-refractivity contribution in [3.63, 3.8) is 0 Å².